The van der Waals surface area contributed by atoms with Gasteiger partial charge in [0, 0.05) is 5.41 Å². The summed E-state index contributed by atoms with van der Waals surface area (Å²) in [5.74, 6) is 0.383. The van der Waals surface area contributed by atoms with Gasteiger partial charge >= 0.3 is 5.97 Å². The van der Waals surface area contributed by atoms with Crippen LogP contribution in [0.3, 0.4) is 0 Å². The fourth-order valence-corrected chi connectivity index (χ4v) is 8.65. The number of hydrogen-bond acceptors (Lipinski definition) is 3. The topological polar surface area (TPSA) is 66.8 Å². The molecule has 134 valence electrons. The Hall–Kier alpha value is -0.610. The number of hydrogen-bond donors (Lipinski definition) is 2. The Bertz CT molecular complexity index is 619. The van der Waals surface area contributed by atoms with Gasteiger partial charge in [0.25, 0.3) is 0 Å². The Kier molecular flexibility index (Phi) is 2.73. The zero-order valence-corrected chi connectivity index (χ0v) is 15.0. The predicted octanol–water partition coefficient (Wildman–Crippen LogP) is 3.22. The summed E-state index contributed by atoms with van der Waals surface area (Å²) < 4.78 is 6.46. The first-order valence-corrected chi connectivity index (χ1v) is 9.78. The highest BCUT2D eigenvalue weighted by Gasteiger charge is 2.78. The van der Waals surface area contributed by atoms with E-state index in [2.05, 4.69) is 13.8 Å². The molecule has 2 saturated heterocycles. The largest absolute Gasteiger partial charge is 0.481 e. The van der Waals surface area contributed by atoms with Crippen LogP contribution in [0.4, 0.5) is 0 Å². The third kappa shape index (κ3) is 1.41. The van der Waals surface area contributed by atoms with Crippen molar-refractivity contribution in [2.45, 2.75) is 83.5 Å². The molecule has 24 heavy (non-hydrogen) atoms. The first-order chi connectivity index (χ1) is 11.2. The van der Waals surface area contributed by atoms with Crippen LogP contribution in [-0.2, 0) is 9.53 Å². The van der Waals surface area contributed by atoms with E-state index in [-0.39, 0.29) is 34.6 Å². The molecule has 0 aromatic rings. The molecule has 3 unspecified atom stereocenters. The van der Waals surface area contributed by atoms with Crippen molar-refractivity contribution in [1.82, 2.24) is 0 Å². The van der Waals surface area contributed by atoms with E-state index in [0.717, 1.165) is 44.9 Å². The van der Waals surface area contributed by atoms with E-state index in [1.807, 2.05) is 6.92 Å². The number of carbonyl (C=O) groups is 1. The molecule has 4 heteroatoms. The summed E-state index contributed by atoms with van der Waals surface area (Å²) in [7, 11) is 0. The molecule has 4 saturated carbocycles. The predicted molar refractivity (Wildman–Crippen MR) is 88.4 cm³/mol. The minimum atomic E-state index is -0.630. The summed E-state index contributed by atoms with van der Waals surface area (Å²) in [6.07, 6.45) is 6.76. The van der Waals surface area contributed by atoms with E-state index in [9.17, 15) is 15.0 Å². The van der Waals surface area contributed by atoms with Gasteiger partial charge in [-0.05, 0) is 75.5 Å². The van der Waals surface area contributed by atoms with Gasteiger partial charge in [-0.2, -0.15) is 0 Å². The number of aliphatic hydroxyl groups excluding tert-OH is 1. The van der Waals surface area contributed by atoms with Crippen molar-refractivity contribution in [1.29, 1.82) is 0 Å². The lowest BCUT2D eigenvalue weighted by atomic mass is 9.40. The van der Waals surface area contributed by atoms with Gasteiger partial charge in [-0.15, -0.1) is 0 Å². The molecule has 2 heterocycles. The smallest absolute Gasteiger partial charge is 0.309 e. The Morgan fingerprint density at radius 1 is 1.17 bits per heavy atom. The Labute approximate surface area is 144 Å². The third-order valence-electron chi connectivity index (χ3n) is 9.51. The van der Waals surface area contributed by atoms with Crippen LogP contribution in [-0.4, -0.2) is 34.0 Å². The number of fused-ring (bicyclic) bond motifs is 1. The number of rotatable bonds is 1. The first-order valence-electron chi connectivity index (χ1n) is 9.78. The van der Waals surface area contributed by atoms with Crippen molar-refractivity contribution >= 4 is 5.97 Å². The van der Waals surface area contributed by atoms with Gasteiger partial charge in [0.1, 0.15) is 0 Å². The van der Waals surface area contributed by atoms with Crippen LogP contribution in [0.5, 0.6) is 0 Å². The van der Waals surface area contributed by atoms with E-state index < -0.39 is 11.4 Å². The number of carboxylic acids is 1. The third-order valence-corrected chi connectivity index (χ3v) is 9.51. The van der Waals surface area contributed by atoms with Gasteiger partial charge in [-0.3, -0.25) is 4.79 Å². The summed E-state index contributed by atoms with van der Waals surface area (Å²) in [5.41, 5.74) is -1.02. The van der Waals surface area contributed by atoms with Gasteiger partial charge in [0.15, 0.2) is 0 Å². The molecule has 2 N–H and O–H groups in total. The number of carboxylic acid groups (broad SMARTS) is 1. The van der Waals surface area contributed by atoms with Crippen LogP contribution >= 0.6 is 0 Å². The molecule has 0 radical (unpaired) electrons. The fraction of sp³-hybridized carbons (Fsp3) is 0.950. The van der Waals surface area contributed by atoms with Crippen molar-refractivity contribution in [3.8, 4) is 0 Å². The molecule has 6 rings (SSSR count). The van der Waals surface area contributed by atoms with Crippen molar-refractivity contribution in [2.75, 3.05) is 0 Å². The quantitative estimate of drug-likeness (QED) is 0.773. The van der Waals surface area contributed by atoms with Gasteiger partial charge < -0.3 is 14.9 Å². The fourth-order valence-electron chi connectivity index (χ4n) is 8.65. The van der Waals surface area contributed by atoms with Crippen molar-refractivity contribution in [3.05, 3.63) is 0 Å². The second-order valence-corrected chi connectivity index (χ2v) is 10.3. The molecule has 0 aromatic heterocycles. The highest BCUT2D eigenvalue weighted by atomic mass is 16.5. The maximum Gasteiger partial charge on any atom is 0.309 e. The van der Waals surface area contributed by atoms with E-state index >= 15 is 0 Å². The van der Waals surface area contributed by atoms with E-state index in [4.69, 9.17) is 4.74 Å². The molecular weight excluding hydrogens is 304 g/mol. The molecule has 9 atom stereocenters. The van der Waals surface area contributed by atoms with Crippen molar-refractivity contribution in [2.24, 2.45) is 34.0 Å². The second kappa shape index (κ2) is 4.20. The van der Waals surface area contributed by atoms with E-state index in [0.29, 0.717) is 11.8 Å². The first kappa shape index (κ1) is 15.6. The lowest BCUT2D eigenvalue weighted by Crippen LogP contribution is -2.66. The number of aliphatic hydroxyl groups is 1. The van der Waals surface area contributed by atoms with Crippen LogP contribution in [0.25, 0.3) is 0 Å². The summed E-state index contributed by atoms with van der Waals surface area (Å²) in [4.78, 5) is 12.1. The second-order valence-electron chi connectivity index (χ2n) is 10.3. The lowest BCUT2D eigenvalue weighted by Gasteiger charge is -2.66. The molecule has 0 amide bonds. The zero-order valence-electron chi connectivity index (χ0n) is 15.0. The SMILES string of the molecule is C[C@@]12OC3CC1C[C@@]1(CC[C@H]4[C@@](C)(CCC[C@@]4(C)C(=O)O)[C@H]31)C2O. The van der Waals surface area contributed by atoms with Crippen LogP contribution in [0, 0.1) is 34.0 Å². The maximum atomic E-state index is 12.1. The normalized spacial score (nSPS) is 63.9. The van der Waals surface area contributed by atoms with E-state index in [1.165, 1.54) is 0 Å². The molecule has 2 aliphatic heterocycles. The van der Waals surface area contributed by atoms with Crippen LogP contribution in [0.2, 0.25) is 0 Å². The van der Waals surface area contributed by atoms with Crippen LogP contribution in [0.15, 0.2) is 0 Å². The van der Waals surface area contributed by atoms with Gasteiger partial charge in [-0.1, -0.05) is 13.3 Å². The minimum Gasteiger partial charge on any atom is -0.481 e. The highest BCUT2D eigenvalue weighted by Crippen LogP contribution is 2.76. The van der Waals surface area contributed by atoms with Gasteiger partial charge in [0.05, 0.1) is 23.2 Å². The van der Waals surface area contributed by atoms with Crippen molar-refractivity contribution < 1.29 is 19.7 Å². The van der Waals surface area contributed by atoms with E-state index in [1.54, 1.807) is 0 Å². The highest BCUT2D eigenvalue weighted by molar-refractivity contribution is 5.75. The monoisotopic (exact) mass is 334 g/mol. The summed E-state index contributed by atoms with van der Waals surface area (Å²) in [5, 5.41) is 21.2. The number of ether oxygens (including phenoxy) is 1. The lowest BCUT2D eigenvalue weighted by molar-refractivity contribution is -0.271. The molecular formula is C20H30O4. The Morgan fingerprint density at radius 3 is 2.58 bits per heavy atom. The average Bonchev–Trinajstić information content (AvgIpc) is 2.84. The summed E-state index contributed by atoms with van der Waals surface area (Å²) in [6, 6.07) is 0. The molecule has 6 aliphatic rings. The van der Waals surface area contributed by atoms with Crippen molar-refractivity contribution in [3.63, 3.8) is 0 Å². The van der Waals surface area contributed by atoms with Crippen LogP contribution < -0.4 is 0 Å². The molecule has 0 aromatic carbocycles. The summed E-state index contributed by atoms with van der Waals surface area (Å²) in [6.45, 7) is 6.41. The maximum absolute atomic E-state index is 12.1. The Balaban J connectivity index is 1.63. The zero-order chi connectivity index (χ0) is 17.1. The number of aliphatic carboxylic acids is 1. The Morgan fingerprint density at radius 2 is 1.92 bits per heavy atom. The van der Waals surface area contributed by atoms with Crippen LogP contribution in [0.1, 0.15) is 65.7 Å². The standard InChI is InChI=1S/C20H30O4/c1-17-6-4-7-18(2,16(22)23)13(17)5-8-20-10-11-9-12(14(17)20)24-19(11,3)15(20)21/h11-15,21H,4-10H2,1-3H3,(H,22,23)/t11?,12?,13-,14-,15?,17+,18+,19+,20+/m0/s1. The minimum absolute atomic E-state index is 0.0219. The molecule has 4 nitrogen and oxygen atoms in total. The molecule has 1 spiro atoms. The summed E-state index contributed by atoms with van der Waals surface area (Å²) >= 11 is 0. The molecule has 4 aliphatic carbocycles. The molecule has 4 bridgehead atoms. The van der Waals surface area contributed by atoms with Gasteiger partial charge in [-0.25, -0.2) is 0 Å². The van der Waals surface area contributed by atoms with Gasteiger partial charge in [0.2, 0.25) is 0 Å². The molecule has 6 fully saturated rings. The average molecular weight is 334 g/mol.